The molecule has 2 aromatic rings. The molecule has 0 saturated carbocycles. The van der Waals surface area contributed by atoms with E-state index in [1.54, 1.807) is 11.1 Å². The number of morpholine rings is 1. The first-order valence-corrected chi connectivity index (χ1v) is 12.9. The Morgan fingerprint density at radius 1 is 1.34 bits per heavy atom. The molecule has 4 heterocycles. The number of hydrogen-bond donors (Lipinski definition) is 0. The fourth-order valence-electron chi connectivity index (χ4n) is 3.90. The monoisotopic (exact) mass is 597 g/mol. The third kappa shape index (κ3) is 5.54. The van der Waals surface area contributed by atoms with Gasteiger partial charge in [0.2, 0.25) is 0 Å². The van der Waals surface area contributed by atoms with E-state index in [-0.39, 0.29) is 12.6 Å². The lowest BCUT2D eigenvalue weighted by Gasteiger charge is -2.37. The Morgan fingerprint density at radius 2 is 2.14 bits per heavy atom. The van der Waals surface area contributed by atoms with E-state index in [0.717, 1.165) is 5.56 Å². The van der Waals surface area contributed by atoms with Crippen LogP contribution in [-0.4, -0.2) is 75.8 Å². The van der Waals surface area contributed by atoms with Gasteiger partial charge < -0.3 is 19.3 Å². The maximum atomic E-state index is 12.8. The molecule has 1 saturated heterocycles. The van der Waals surface area contributed by atoms with Crippen molar-refractivity contribution in [2.24, 2.45) is 0 Å². The Labute approximate surface area is 214 Å². The number of halogens is 1. The number of carbonyl (C=O) groups excluding carboxylic acids is 1. The van der Waals surface area contributed by atoms with Gasteiger partial charge in [-0.25, -0.2) is 17.5 Å². The molecule has 12 nitrogen and oxygen atoms in total. The molecule has 0 bridgehead atoms. The lowest BCUT2D eigenvalue weighted by Crippen LogP contribution is -2.47. The van der Waals surface area contributed by atoms with E-state index in [1.807, 2.05) is 25.7 Å². The molecule has 2 aliphatic rings. The van der Waals surface area contributed by atoms with Gasteiger partial charge in [-0.3, -0.25) is 4.84 Å². The summed E-state index contributed by atoms with van der Waals surface area (Å²) in [6, 6.07) is -0.276. The molecule has 1 fully saturated rings. The van der Waals surface area contributed by atoms with Gasteiger partial charge in [-0.2, -0.15) is 13.4 Å². The number of rotatable bonds is 5. The van der Waals surface area contributed by atoms with Crippen LogP contribution in [0.2, 0.25) is 0 Å². The fourth-order valence-corrected chi connectivity index (χ4v) is 4.54. The molecule has 1 atom stereocenters. The largest absolute Gasteiger partial charge is 0.444 e. The summed E-state index contributed by atoms with van der Waals surface area (Å²) in [5.74, 6) is 3.79. The van der Waals surface area contributed by atoms with Crippen LogP contribution < -0.4 is 8.18 Å². The van der Waals surface area contributed by atoms with Gasteiger partial charge in [-0.05, 0) is 27.2 Å². The molecule has 35 heavy (non-hydrogen) atoms. The van der Waals surface area contributed by atoms with E-state index in [1.165, 1.54) is 21.3 Å². The summed E-state index contributed by atoms with van der Waals surface area (Å²) in [7, 11) is 1.44. The predicted molar refractivity (Wildman–Crippen MR) is 134 cm³/mol. The minimum Gasteiger partial charge on any atom is -0.444 e. The Kier molecular flexibility index (Phi) is 7.53. The van der Waals surface area contributed by atoms with Crippen molar-refractivity contribution < 1.29 is 22.2 Å². The first kappa shape index (κ1) is 25.3. The molecule has 4 rings (SSSR count). The quantitative estimate of drug-likeness (QED) is 0.220. The Morgan fingerprint density at radius 3 is 2.83 bits per heavy atom. The summed E-state index contributed by atoms with van der Waals surface area (Å²) in [6.45, 7) is 7.75. The average Bonchev–Trinajstić information content (AvgIpc) is 3.32. The first-order chi connectivity index (χ1) is 16.7. The predicted octanol–water partition coefficient (Wildman–Crippen LogP) is 2.39. The molecule has 2 aromatic heterocycles. The minimum absolute atomic E-state index is 0.266. The van der Waals surface area contributed by atoms with Gasteiger partial charge in [-0.1, -0.05) is 5.92 Å². The van der Waals surface area contributed by atoms with Crippen molar-refractivity contribution in [3.8, 4) is 18.3 Å². The van der Waals surface area contributed by atoms with Crippen LogP contribution in [0.5, 0.6) is 0 Å². The van der Waals surface area contributed by atoms with E-state index < -0.39 is 33.2 Å². The molecular weight excluding hydrogens is 569 g/mol. The third-order valence-electron chi connectivity index (χ3n) is 5.48. The summed E-state index contributed by atoms with van der Waals surface area (Å²) in [5, 5.41) is 4.34. The lowest BCUT2D eigenvalue weighted by atomic mass is 10.0. The number of anilines is 2. The van der Waals surface area contributed by atoms with Crippen LogP contribution in [-0.2, 0) is 30.3 Å². The van der Waals surface area contributed by atoms with Crippen molar-refractivity contribution >= 4 is 39.1 Å². The van der Waals surface area contributed by atoms with Crippen molar-refractivity contribution in [1.82, 2.24) is 24.6 Å². The summed E-state index contributed by atoms with van der Waals surface area (Å²) in [5.41, 5.74) is 1.55. The van der Waals surface area contributed by atoms with E-state index in [0.29, 0.717) is 55.9 Å². The van der Waals surface area contributed by atoms with Crippen LogP contribution in [0.4, 0.5) is 16.3 Å². The Balaban J connectivity index is 1.75. The molecule has 13 heteroatoms. The number of nitrogens with zero attached hydrogens (tertiary/aromatic N) is 7. The van der Waals surface area contributed by atoms with Crippen LogP contribution >= 0.6 is 21.5 Å². The van der Waals surface area contributed by atoms with Gasteiger partial charge in [-0.15, -0.1) is 6.42 Å². The van der Waals surface area contributed by atoms with Crippen LogP contribution in [0.15, 0.2) is 12.4 Å². The van der Waals surface area contributed by atoms with Crippen molar-refractivity contribution in [2.45, 2.75) is 45.4 Å². The van der Waals surface area contributed by atoms with Crippen LogP contribution in [0, 0.1) is 12.3 Å². The smallest absolute Gasteiger partial charge is 0.410 e. The molecule has 0 spiro atoms. The lowest BCUT2D eigenvalue weighted by molar-refractivity contribution is 0.0220. The Bertz CT molecular complexity index is 1140. The Hall–Kier alpha value is -2.83. The van der Waals surface area contributed by atoms with Gasteiger partial charge in [0.05, 0.1) is 45.0 Å². The molecule has 0 N–H and O–H groups in total. The van der Waals surface area contributed by atoms with Gasteiger partial charge in [0.1, 0.15) is 23.1 Å². The maximum Gasteiger partial charge on any atom is 0.410 e. The molecule has 1 amide bonds. The van der Waals surface area contributed by atoms with Crippen molar-refractivity contribution in [1.29, 1.82) is 0 Å². The second-order valence-corrected chi connectivity index (χ2v) is 10.3. The number of aromatic nitrogens is 4. The van der Waals surface area contributed by atoms with Gasteiger partial charge in [0.15, 0.2) is 0 Å². The highest BCUT2D eigenvalue weighted by atomic mass is 127. The number of hydrogen-bond acceptors (Lipinski definition) is 9. The SMILES string of the molecule is C#C[C@H]1COCCN1c1nc(-n2cc(N(OC)I=O)cn2)nc2c1CCN(C(=O)OC(C)(C)C)C2. The maximum absolute atomic E-state index is 12.8. The van der Waals surface area contributed by atoms with E-state index in [2.05, 4.69) is 11.0 Å². The number of terminal acetylenes is 1. The zero-order valence-electron chi connectivity index (χ0n) is 20.1. The van der Waals surface area contributed by atoms with Crippen LogP contribution in [0.25, 0.3) is 5.95 Å². The molecular formula is C22H28IN7O5. The number of fused-ring (bicyclic) bond motifs is 1. The number of ether oxygens (including phenoxy) is 2. The van der Waals surface area contributed by atoms with Crippen LogP contribution in [0.1, 0.15) is 32.0 Å². The number of amides is 1. The average molecular weight is 597 g/mol. The molecule has 0 aromatic carbocycles. The second kappa shape index (κ2) is 10.4. The highest BCUT2D eigenvalue weighted by Crippen LogP contribution is 2.31. The first-order valence-electron chi connectivity index (χ1n) is 11.1. The van der Waals surface area contributed by atoms with Gasteiger partial charge >= 0.3 is 27.6 Å². The number of carbonyl (C=O) groups is 1. The van der Waals surface area contributed by atoms with Gasteiger partial charge in [0, 0.05) is 18.7 Å². The summed E-state index contributed by atoms with van der Waals surface area (Å²) >= 11 is -1.59. The summed E-state index contributed by atoms with van der Waals surface area (Å²) in [6.07, 6.45) is 9.12. The standard InChI is InChI=1S/C22H28IN7O5/c1-6-15-14-34-10-9-28(15)19-17-7-8-27(21(31)35-22(2,3)4)13-18(17)25-20(26-19)29-12-16(11-24-29)30(23-32)33-5/h1,11-12,15H,7-10,13-14H2,2-5H3/t15-/m0/s1. The normalized spacial score (nSPS) is 18.1. The molecule has 0 unspecified atom stereocenters. The van der Waals surface area contributed by atoms with Crippen molar-refractivity contribution in [3.05, 3.63) is 23.7 Å². The van der Waals surface area contributed by atoms with Gasteiger partial charge in [0.25, 0.3) is 5.95 Å². The summed E-state index contributed by atoms with van der Waals surface area (Å²) < 4.78 is 25.4. The van der Waals surface area contributed by atoms with E-state index >= 15 is 0 Å². The highest BCUT2D eigenvalue weighted by Gasteiger charge is 2.32. The van der Waals surface area contributed by atoms with Crippen LogP contribution in [0.3, 0.4) is 0 Å². The highest BCUT2D eigenvalue weighted by molar-refractivity contribution is 14.1. The fraction of sp³-hybridized carbons (Fsp3) is 0.545. The van der Waals surface area contributed by atoms with E-state index in [4.69, 9.17) is 30.7 Å². The molecule has 0 radical (unpaired) electrons. The minimum atomic E-state index is -1.59. The third-order valence-corrected chi connectivity index (χ3v) is 6.78. The zero-order valence-corrected chi connectivity index (χ0v) is 22.3. The zero-order chi connectivity index (χ0) is 25.2. The van der Waals surface area contributed by atoms with E-state index in [9.17, 15) is 7.86 Å². The second-order valence-electron chi connectivity index (χ2n) is 9.01. The van der Waals surface area contributed by atoms with Crippen molar-refractivity contribution in [2.75, 3.05) is 41.6 Å². The molecule has 188 valence electrons. The summed E-state index contributed by atoms with van der Waals surface area (Å²) in [4.78, 5) is 31.1. The molecule has 2 aliphatic heterocycles. The topological polar surface area (TPSA) is 115 Å². The molecule has 0 aliphatic carbocycles. The van der Waals surface area contributed by atoms with Crippen molar-refractivity contribution in [3.63, 3.8) is 0 Å².